The zero-order valence-electron chi connectivity index (χ0n) is 13.3. The number of carbonyl (C=O) groups is 2. The first kappa shape index (κ1) is 17.2. The Hall–Kier alpha value is -1.84. The molecule has 4 nitrogen and oxygen atoms in total. The summed E-state index contributed by atoms with van der Waals surface area (Å²) in [7, 11) is 0. The summed E-state index contributed by atoms with van der Waals surface area (Å²) < 4.78 is 0. The monoisotopic (exact) mass is 291 g/mol. The summed E-state index contributed by atoms with van der Waals surface area (Å²) in [6.45, 7) is 7.40. The lowest BCUT2D eigenvalue weighted by atomic mass is 10.0. The van der Waals surface area contributed by atoms with Gasteiger partial charge in [0.1, 0.15) is 6.54 Å². The van der Waals surface area contributed by atoms with E-state index in [9.17, 15) is 9.59 Å². The van der Waals surface area contributed by atoms with Gasteiger partial charge in [0.2, 0.25) is 5.91 Å². The Bertz CT molecular complexity index is 486. The van der Waals surface area contributed by atoms with Crippen molar-refractivity contribution >= 4 is 11.9 Å². The Labute approximate surface area is 126 Å². The predicted octanol–water partition coefficient (Wildman–Crippen LogP) is 2.89. The van der Waals surface area contributed by atoms with Crippen LogP contribution in [0.3, 0.4) is 0 Å². The van der Waals surface area contributed by atoms with Crippen molar-refractivity contribution in [3.8, 4) is 0 Å². The molecule has 0 unspecified atom stereocenters. The van der Waals surface area contributed by atoms with E-state index in [1.165, 1.54) is 10.5 Å². The molecule has 0 aromatic heterocycles. The van der Waals surface area contributed by atoms with Gasteiger partial charge in [0, 0.05) is 12.0 Å². The number of carboxylic acid groups (broad SMARTS) is 1. The van der Waals surface area contributed by atoms with Gasteiger partial charge in [-0.2, -0.15) is 0 Å². The van der Waals surface area contributed by atoms with Crippen LogP contribution < -0.4 is 0 Å². The maximum Gasteiger partial charge on any atom is 0.323 e. The zero-order chi connectivity index (χ0) is 16.0. The molecular weight excluding hydrogens is 266 g/mol. The van der Waals surface area contributed by atoms with E-state index in [2.05, 4.69) is 19.1 Å². The van der Waals surface area contributed by atoms with Gasteiger partial charge in [0.05, 0.1) is 0 Å². The van der Waals surface area contributed by atoms with Crippen LogP contribution in [0, 0.1) is 0 Å². The van der Waals surface area contributed by atoms with Gasteiger partial charge in [0.15, 0.2) is 0 Å². The topological polar surface area (TPSA) is 57.6 Å². The van der Waals surface area contributed by atoms with E-state index in [1.807, 2.05) is 32.9 Å². The minimum atomic E-state index is -0.981. The summed E-state index contributed by atoms with van der Waals surface area (Å²) in [6, 6.07) is 8.20. The maximum atomic E-state index is 12.3. The highest BCUT2D eigenvalue weighted by molar-refractivity contribution is 5.82. The molecule has 1 N–H and O–H groups in total. The van der Waals surface area contributed by atoms with Crippen molar-refractivity contribution in [2.24, 2.45) is 0 Å². The van der Waals surface area contributed by atoms with Crippen LogP contribution in [-0.4, -0.2) is 34.0 Å². The Morgan fingerprint density at radius 1 is 1.10 bits per heavy atom. The summed E-state index contributed by atoms with van der Waals surface area (Å²) in [5.41, 5.74) is 1.89. The van der Waals surface area contributed by atoms with Crippen LogP contribution in [0.5, 0.6) is 0 Å². The van der Waals surface area contributed by atoms with Crippen LogP contribution in [0.25, 0.3) is 0 Å². The number of rotatable bonds is 6. The van der Waals surface area contributed by atoms with Crippen LogP contribution in [0.2, 0.25) is 0 Å². The highest BCUT2D eigenvalue weighted by Crippen LogP contribution is 2.16. The molecule has 0 saturated carbocycles. The second-order valence-corrected chi connectivity index (χ2v) is 6.21. The molecule has 21 heavy (non-hydrogen) atoms. The maximum absolute atomic E-state index is 12.3. The summed E-state index contributed by atoms with van der Waals surface area (Å²) in [5.74, 6) is -1.10. The fourth-order valence-electron chi connectivity index (χ4n) is 2.16. The number of aryl methyl sites for hydroxylation is 2. The average molecular weight is 291 g/mol. The second kappa shape index (κ2) is 7.25. The molecule has 0 saturated heterocycles. The third-order valence-electron chi connectivity index (χ3n) is 3.46. The number of aliphatic carboxylic acids is 1. The molecule has 0 aliphatic rings. The molecule has 0 aliphatic carbocycles. The largest absolute Gasteiger partial charge is 0.480 e. The molecule has 116 valence electrons. The Morgan fingerprint density at radius 2 is 1.62 bits per heavy atom. The normalized spacial score (nSPS) is 11.2. The van der Waals surface area contributed by atoms with Gasteiger partial charge >= 0.3 is 5.97 Å². The third kappa shape index (κ3) is 5.58. The van der Waals surface area contributed by atoms with Gasteiger partial charge in [-0.1, -0.05) is 31.2 Å². The lowest BCUT2D eigenvalue weighted by Gasteiger charge is -2.34. The highest BCUT2D eigenvalue weighted by atomic mass is 16.4. The van der Waals surface area contributed by atoms with Crippen molar-refractivity contribution in [1.82, 2.24) is 4.90 Å². The Kier molecular flexibility index (Phi) is 5.94. The van der Waals surface area contributed by atoms with Gasteiger partial charge in [-0.25, -0.2) is 0 Å². The molecular formula is C17H25NO3. The second-order valence-electron chi connectivity index (χ2n) is 6.21. The number of carbonyl (C=O) groups excluding carboxylic acids is 1. The number of benzene rings is 1. The van der Waals surface area contributed by atoms with Gasteiger partial charge in [-0.3, -0.25) is 9.59 Å². The SMILES string of the molecule is CCc1ccc(CCC(=O)N(CC(=O)O)C(C)(C)C)cc1. The number of hydrogen-bond acceptors (Lipinski definition) is 2. The van der Waals surface area contributed by atoms with Crippen molar-refractivity contribution in [3.05, 3.63) is 35.4 Å². The lowest BCUT2D eigenvalue weighted by Crippen LogP contribution is -2.48. The first-order valence-corrected chi connectivity index (χ1v) is 7.34. The Morgan fingerprint density at radius 3 is 2.05 bits per heavy atom. The zero-order valence-corrected chi connectivity index (χ0v) is 13.3. The molecule has 1 amide bonds. The molecule has 0 bridgehead atoms. The molecule has 1 aromatic carbocycles. The molecule has 0 fully saturated rings. The number of nitrogens with zero attached hydrogens (tertiary/aromatic N) is 1. The quantitative estimate of drug-likeness (QED) is 0.876. The van der Waals surface area contributed by atoms with E-state index in [0.29, 0.717) is 12.8 Å². The van der Waals surface area contributed by atoms with E-state index in [-0.39, 0.29) is 12.5 Å². The predicted molar refractivity (Wildman–Crippen MR) is 83.2 cm³/mol. The van der Waals surface area contributed by atoms with Gasteiger partial charge in [0.25, 0.3) is 0 Å². The summed E-state index contributed by atoms with van der Waals surface area (Å²) in [4.78, 5) is 24.6. The van der Waals surface area contributed by atoms with Gasteiger partial charge in [-0.15, -0.1) is 0 Å². The van der Waals surface area contributed by atoms with E-state index in [1.54, 1.807) is 0 Å². The van der Waals surface area contributed by atoms with E-state index < -0.39 is 11.5 Å². The van der Waals surface area contributed by atoms with Crippen LogP contribution in [0.1, 0.15) is 45.2 Å². The molecule has 0 atom stereocenters. The molecule has 1 rings (SSSR count). The van der Waals surface area contributed by atoms with E-state index >= 15 is 0 Å². The number of amides is 1. The van der Waals surface area contributed by atoms with E-state index in [4.69, 9.17) is 5.11 Å². The van der Waals surface area contributed by atoms with Crippen LogP contribution >= 0.6 is 0 Å². The first-order valence-electron chi connectivity index (χ1n) is 7.34. The minimum Gasteiger partial charge on any atom is -0.480 e. The number of hydrogen-bond donors (Lipinski definition) is 1. The molecule has 0 radical (unpaired) electrons. The minimum absolute atomic E-state index is 0.121. The van der Waals surface area contributed by atoms with Crippen molar-refractivity contribution in [2.45, 2.75) is 52.5 Å². The molecule has 1 aromatic rings. The fourth-order valence-corrected chi connectivity index (χ4v) is 2.16. The molecule has 0 spiro atoms. The van der Waals surface area contributed by atoms with Gasteiger partial charge in [-0.05, 0) is 44.7 Å². The van der Waals surface area contributed by atoms with Crippen molar-refractivity contribution in [3.63, 3.8) is 0 Å². The molecule has 4 heteroatoms. The smallest absolute Gasteiger partial charge is 0.323 e. The Balaban J connectivity index is 2.66. The molecule has 0 aliphatic heterocycles. The lowest BCUT2D eigenvalue weighted by molar-refractivity contribution is -0.148. The van der Waals surface area contributed by atoms with E-state index in [0.717, 1.165) is 12.0 Å². The van der Waals surface area contributed by atoms with Crippen molar-refractivity contribution in [2.75, 3.05) is 6.54 Å². The average Bonchev–Trinajstić information content (AvgIpc) is 2.41. The highest BCUT2D eigenvalue weighted by Gasteiger charge is 2.27. The van der Waals surface area contributed by atoms with Crippen molar-refractivity contribution < 1.29 is 14.7 Å². The van der Waals surface area contributed by atoms with Crippen LogP contribution in [0.15, 0.2) is 24.3 Å². The standard InChI is InChI=1S/C17H25NO3/c1-5-13-6-8-14(9-7-13)10-11-15(19)18(12-16(20)21)17(2,3)4/h6-9H,5,10-12H2,1-4H3,(H,20,21). The van der Waals surface area contributed by atoms with Gasteiger partial charge < -0.3 is 10.0 Å². The number of carboxylic acids is 1. The summed E-state index contributed by atoms with van der Waals surface area (Å²) >= 11 is 0. The summed E-state index contributed by atoms with van der Waals surface area (Å²) in [6.07, 6.45) is 1.96. The fraction of sp³-hybridized carbons (Fsp3) is 0.529. The van der Waals surface area contributed by atoms with Crippen molar-refractivity contribution in [1.29, 1.82) is 0 Å². The molecule has 0 heterocycles. The van der Waals surface area contributed by atoms with Crippen LogP contribution in [-0.2, 0) is 22.4 Å². The summed E-state index contributed by atoms with van der Waals surface area (Å²) in [5, 5.41) is 8.95. The third-order valence-corrected chi connectivity index (χ3v) is 3.46. The first-order chi connectivity index (χ1) is 9.74. The van der Waals surface area contributed by atoms with Crippen LogP contribution in [0.4, 0.5) is 0 Å².